The molecule has 2 aromatic heterocycles. The monoisotopic (exact) mass is 404 g/mol. The van der Waals surface area contributed by atoms with Gasteiger partial charge in [0.05, 0.1) is 21.3 Å². The van der Waals surface area contributed by atoms with E-state index >= 15 is 0 Å². The zero-order valence-corrected chi connectivity index (χ0v) is 17.7. The number of hydrogen-bond acceptors (Lipinski definition) is 6. The second kappa shape index (κ2) is 7.94. The second-order valence-electron chi connectivity index (χ2n) is 7.04. The van der Waals surface area contributed by atoms with E-state index in [0.717, 1.165) is 22.4 Å². The number of fused-ring (bicyclic) bond motifs is 1. The SMILES string of the molecule is COc1cc(Nc2ncc3ccn(-c4cc(C)cc(C)c4)c3n2)cc(OC)c1OC. The van der Waals surface area contributed by atoms with Crippen LogP contribution < -0.4 is 19.5 Å². The topological polar surface area (TPSA) is 70.4 Å². The predicted octanol–water partition coefficient (Wildman–Crippen LogP) is 4.81. The van der Waals surface area contributed by atoms with Gasteiger partial charge < -0.3 is 24.1 Å². The van der Waals surface area contributed by atoms with Gasteiger partial charge in [-0.05, 0) is 43.2 Å². The van der Waals surface area contributed by atoms with E-state index in [2.05, 4.69) is 46.9 Å². The van der Waals surface area contributed by atoms with Crippen LogP contribution in [0.3, 0.4) is 0 Å². The third kappa shape index (κ3) is 3.61. The summed E-state index contributed by atoms with van der Waals surface area (Å²) in [6.45, 7) is 4.18. The highest BCUT2D eigenvalue weighted by molar-refractivity contribution is 5.79. The second-order valence-corrected chi connectivity index (χ2v) is 7.04. The van der Waals surface area contributed by atoms with Crippen molar-refractivity contribution in [3.63, 3.8) is 0 Å². The van der Waals surface area contributed by atoms with Gasteiger partial charge in [0, 0.05) is 41.3 Å². The zero-order valence-electron chi connectivity index (χ0n) is 17.7. The van der Waals surface area contributed by atoms with Crippen molar-refractivity contribution < 1.29 is 14.2 Å². The zero-order chi connectivity index (χ0) is 21.3. The lowest BCUT2D eigenvalue weighted by atomic mass is 10.1. The first-order valence-electron chi connectivity index (χ1n) is 9.52. The molecular formula is C23H24N4O3. The molecule has 0 bridgehead atoms. The molecule has 0 aliphatic rings. The molecule has 0 aliphatic carbocycles. The van der Waals surface area contributed by atoms with Crippen molar-refractivity contribution in [2.24, 2.45) is 0 Å². The summed E-state index contributed by atoms with van der Waals surface area (Å²) in [6, 6.07) is 12.1. The molecule has 2 aromatic carbocycles. The van der Waals surface area contributed by atoms with E-state index in [1.54, 1.807) is 21.3 Å². The van der Waals surface area contributed by atoms with E-state index in [9.17, 15) is 0 Å². The number of anilines is 2. The van der Waals surface area contributed by atoms with Crippen LogP contribution in [-0.2, 0) is 0 Å². The van der Waals surface area contributed by atoms with Crippen molar-refractivity contribution in [2.75, 3.05) is 26.6 Å². The fourth-order valence-corrected chi connectivity index (χ4v) is 3.56. The maximum absolute atomic E-state index is 5.42. The number of ether oxygens (including phenoxy) is 3. The van der Waals surface area contributed by atoms with Crippen LogP contribution in [0, 0.1) is 13.8 Å². The van der Waals surface area contributed by atoms with E-state index in [-0.39, 0.29) is 0 Å². The van der Waals surface area contributed by atoms with Gasteiger partial charge in [0.1, 0.15) is 5.65 Å². The molecule has 0 fully saturated rings. The third-order valence-electron chi connectivity index (χ3n) is 4.83. The van der Waals surface area contributed by atoms with Gasteiger partial charge in [-0.3, -0.25) is 0 Å². The molecule has 2 heterocycles. The molecule has 7 heteroatoms. The Labute approximate surface area is 175 Å². The minimum atomic E-state index is 0.473. The van der Waals surface area contributed by atoms with Gasteiger partial charge in [0.15, 0.2) is 11.5 Å². The Morgan fingerprint density at radius 3 is 2.13 bits per heavy atom. The van der Waals surface area contributed by atoms with Gasteiger partial charge in [0.2, 0.25) is 11.7 Å². The Hall–Kier alpha value is -3.74. The van der Waals surface area contributed by atoms with Crippen LogP contribution in [0.2, 0.25) is 0 Å². The van der Waals surface area contributed by atoms with E-state index in [1.807, 2.05) is 30.6 Å². The summed E-state index contributed by atoms with van der Waals surface area (Å²) in [6.07, 6.45) is 3.82. The average molecular weight is 404 g/mol. The number of aryl methyl sites for hydroxylation is 2. The van der Waals surface area contributed by atoms with Crippen LogP contribution >= 0.6 is 0 Å². The lowest BCUT2D eigenvalue weighted by Crippen LogP contribution is -2.02. The predicted molar refractivity (Wildman–Crippen MR) is 118 cm³/mol. The number of nitrogens with one attached hydrogen (secondary N) is 1. The summed E-state index contributed by atoms with van der Waals surface area (Å²) < 4.78 is 18.3. The highest BCUT2D eigenvalue weighted by Crippen LogP contribution is 2.40. The number of rotatable bonds is 6. The van der Waals surface area contributed by atoms with Crippen LogP contribution in [0.15, 0.2) is 48.8 Å². The largest absolute Gasteiger partial charge is 0.493 e. The van der Waals surface area contributed by atoms with Gasteiger partial charge in [-0.15, -0.1) is 0 Å². The van der Waals surface area contributed by atoms with Gasteiger partial charge in [-0.2, -0.15) is 4.98 Å². The molecule has 7 nitrogen and oxygen atoms in total. The summed E-state index contributed by atoms with van der Waals surface area (Å²) in [5, 5.41) is 4.20. The Morgan fingerprint density at radius 2 is 1.53 bits per heavy atom. The molecule has 0 amide bonds. The Morgan fingerprint density at radius 1 is 0.867 bits per heavy atom. The highest BCUT2D eigenvalue weighted by atomic mass is 16.5. The van der Waals surface area contributed by atoms with Gasteiger partial charge >= 0.3 is 0 Å². The molecule has 0 spiro atoms. The van der Waals surface area contributed by atoms with Gasteiger partial charge in [0.25, 0.3) is 0 Å². The highest BCUT2D eigenvalue weighted by Gasteiger charge is 2.14. The lowest BCUT2D eigenvalue weighted by Gasteiger charge is -2.14. The van der Waals surface area contributed by atoms with Crippen molar-refractivity contribution in [2.45, 2.75) is 13.8 Å². The van der Waals surface area contributed by atoms with Crippen LogP contribution in [0.4, 0.5) is 11.6 Å². The average Bonchev–Trinajstić information content (AvgIpc) is 3.15. The molecule has 4 aromatic rings. The van der Waals surface area contributed by atoms with E-state index < -0.39 is 0 Å². The lowest BCUT2D eigenvalue weighted by molar-refractivity contribution is 0.324. The first kappa shape index (κ1) is 19.6. The molecule has 0 atom stereocenters. The molecular weight excluding hydrogens is 380 g/mol. The Bertz CT molecular complexity index is 1170. The van der Waals surface area contributed by atoms with Crippen molar-refractivity contribution in [3.8, 4) is 22.9 Å². The van der Waals surface area contributed by atoms with E-state index in [1.165, 1.54) is 11.1 Å². The maximum atomic E-state index is 5.42. The molecule has 154 valence electrons. The molecule has 1 N–H and O–H groups in total. The minimum Gasteiger partial charge on any atom is -0.493 e. The number of hydrogen-bond donors (Lipinski definition) is 1. The van der Waals surface area contributed by atoms with Gasteiger partial charge in [-0.1, -0.05) is 6.07 Å². The normalized spacial score (nSPS) is 10.8. The molecule has 0 radical (unpaired) electrons. The number of benzene rings is 2. The first-order valence-corrected chi connectivity index (χ1v) is 9.52. The maximum Gasteiger partial charge on any atom is 0.229 e. The van der Waals surface area contributed by atoms with E-state index in [0.29, 0.717) is 23.2 Å². The molecule has 30 heavy (non-hydrogen) atoms. The van der Waals surface area contributed by atoms with Crippen molar-refractivity contribution in [3.05, 3.63) is 59.9 Å². The van der Waals surface area contributed by atoms with Crippen molar-refractivity contribution in [1.29, 1.82) is 0 Å². The van der Waals surface area contributed by atoms with Crippen molar-refractivity contribution >= 4 is 22.7 Å². The number of nitrogens with zero attached hydrogens (tertiary/aromatic N) is 3. The standard InChI is InChI=1S/C23H24N4O3/c1-14-8-15(2)10-18(9-14)27-7-6-16-13-24-23(26-22(16)27)25-17-11-19(28-3)21(30-5)20(12-17)29-4/h6-13H,1-5H3,(H,24,25,26). The third-order valence-corrected chi connectivity index (χ3v) is 4.83. The van der Waals surface area contributed by atoms with Crippen LogP contribution in [-0.4, -0.2) is 35.9 Å². The summed E-state index contributed by atoms with van der Waals surface area (Å²) in [7, 11) is 4.74. The smallest absolute Gasteiger partial charge is 0.229 e. The minimum absolute atomic E-state index is 0.473. The first-order chi connectivity index (χ1) is 14.5. The summed E-state index contributed by atoms with van der Waals surface area (Å²) >= 11 is 0. The summed E-state index contributed by atoms with van der Waals surface area (Å²) in [5.41, 5.74) is 5.03. The van der Waals surface area contributed by atoms with Crippen LogP contribution in [0.25, 0.3) is 16.7 Å². The quantitative estimate of drug-likeness (QED) is 0.497. The van der Waals surface area contributed by atoms with E-state index in [4.69, 9.17) is 19.2 Å². The van der Waals surface area contributed by atoms with Crippen molar-refractivity contribution in [1.82, 2.24) is 14.5 Å². The molecule has 4 rings (SSSR count). The summed E-state index contributed by atoms with van der Waals surface area (Å²) in [5.74, 6) is 2.12. The number of methoxy groups -OCH3 is 3. The van der Waals surface area contributed by atoms with Crippen LogP contribution in [0.5, 0.6) is 17.2 Å². The Kier molecular flexibility index (Phi) is 5.18. The molecule has 0 aliphatic heterocycles. The molecule has 0 unspecified atom stereocenters. The number of aromatic nitrogens is 3. The van der Waals surface area contributed by atoms with Crippen LogP contribution in [0.1, 0.15) is 11.1 Å². The Balaban J connectivity index is 1.74. The summed E-state index contributed by atoms with van der Waals surface area (Å²) in [4.78, 5) is 9.20. The molecule has 0 saturated carbocycles. The fourth-order valence-electron chi connectivity index (χ4n) is 3.56. The van der Waals surface area contributed by atoms with Gasteiger partial charge in [-0.25, -0.2) is 4.98 Å². The molecule has 0 saturated heterocycles. The fraction of sp³-hybridized carbons (Fsp3) is 0.217.